The number of hydrogen-bond donors (Lipinski definition) is 2. The first kappa shape index (κ1) is 20.4. The van der Waals surface area contributed by atoms with Crippen molar-refractivity contribution in [3.05, 3.63) is 54.1 Å². The molecule has 0 fully saturated rings. The number of para-hydroxylation sites is 1. The number of anilines is 3. The van der Waals surface area contributed by atoms with Gasteiger partial charge in [-0.25, -0.2) is 8.42 Å². The summed E-state index contributed by atoms with van der Waals surface area (Å²) in [5, 5.41) is 5.38. The van der Waals surface area contributed by atoms with Crippen LogP contribution in [-0.2, 0) is 26.0 Å². The lowest BCUT2D eigenvalue weighted by Gasteiger charge is -2.22. The summed E-state index contributed by atoms with van der Waals surface area (Å²) < 4.78 is 25.4. The summed E-state index contributed by atoms with van der Waals surface area (Å²) in [7, 11) is -3.67. The second-order valence-electron chi connectivity index (χ2n) is 6.06. The third-order valence-corrected chi connectivity index (χ3v) is 4.98. The van der Waals surface area contributed by atoms with Crippen LogP contribution in [0.5, 0.6) is 0 Å². The maximum Gasteiger partial charge on any atom is 0.245 e. The van der Waals surface area contributed by atoms with Crippen molar-refractivity contribution < 1.29 is 18.0 Å². The highest BCUT2D eigenvalue weighted by Crippen LogP contribution is 2.21. The molecule has 144 valence electrons. The Bertz CT molecular complexity index is 924. The summed E-state index contributed by atoms with van der Waals surface area (Å²) in [5.74, 6) is -0.663. The molecule has 0 aliphatic carbocycles. The van der Waals surface area contributed by atoms with Crippen molar-refractivity contribution in [1.29, 1.82) is 0 Å². The predicted octanol–water partition coefficient (Wildman–Crippen LogP) is 2.61. The van der Waals surface area contributed by atoms with Gasteiger partial charge in [0.05, 0.1) is 11.9 Å². The first-order valence-corrected chi connectivity index (χ1v) is 10.3. The van der Waals surface area contributed by atoms with E-state index in [-0.39, 0.29) is 12.5 Å². The van der Waals surface area contributed by atoms with Crippen LogP contribution in [0.3, 0.4) is 0 Å². The van der Waals surface area contributed by atoms with E-state index in [0.717, 1.165) is 22.5 Å². The Balaban J connectivity index is 2.20. The highest BCUT2D eigenvalue weighted by atomic mass is 32.2. The molecular formula is C19H23N3O4S. The SMILES string of the molecule is CCc1ccccc1NC(=O)CN(c1ccc(NC(C)=O)cc1)S(C)(=O)=O. The van der Waals surface area contributed by atoms with Crippen molar-refractivity contribution in [2.45, 2.75) is 20.3 Å². The molecule has 7 nitrogen and oxygen atoms in total. The van der Waals surface area contributed by atoms with Crippen molar-refractivity contribution in [2.24, 2.45) is 0 Å². The Hall–Kier alpha value is -2.87. The van der Waals surface area contributed by atoms with E-state index >= 15 is 0 Å². The molecule has 0 saturated carbocycles. The van der Waals surface area contributed by atoms with E-state index in [9.17, 15) is 18.0 Å². The Morgan fingerprint density at radius 1 is 1.00 bits per heavy atom. The van der Waals surface area contributed by atoms with Gasteiger partial charge in [-0.2, -0.15) is 0 Å². The van der Waals surface area contributed by atoms with E-state index in [1.807, 2.05) is 25.1 Å². The standard InChI is InChI=1S/C19H23N3O4S/c1-4-15-7-5-6-8-18(15)21-19(24)13-22(27(3,25)26)17-11-9-16(10-12-17)20-14(2)23/h5-12H,4,13H2,1-3H3,(H,20,23)(H,21,24). The predicted molar refractivity (Wildman–Crippen MR) is 107 cm³/mol. The van der Waals surface area contributed by atoms with E-state index < -0.39 is 15.9 Å². The minimum Gasteiger partial charge on any atom is -0.326 e. The largest absolute Gasteiger partial charge is 0.326 e. The summed E-state index contributed by atoms with van der Waals surface area (Å²) in [6.07, 6.45) is 1.79. The number of nitrogens with zero attached hydrogens (tertiary/aromatic N) is 1. The zero-order valence-corrected chi connectivity index (χ0v) is 16.3. The minimum absolute atomic E-state index is 0.225. The highest BCUT2D eigenvalue weighted by molar-refractivity contribution is 7.92. The number of amides is 2. The van der Waals surface area contributed by atoms with Gasteiger partial charge in [0.1, 0.15) is 6.54 Å². The molecule has 0 heterocycles. The van der Waals surface area contributed by atoms with E-state index in [2.05, 4.69) is 10.6 Å². The molecule has 8 heteroatoms. The summed E-state index contributed by atoms with van der Waals surface area (Å²) in [6.45, 7) is 3.01. The lowest BCUT2D eigenvalue weighted by Crippen LogP contribution is -2.37. The van der Waals surface area contributed by atoms with Gasteiger partial charge >= 0.3 is 0 Å². The van der Waals surface area contributed by atoms with Gasteiger partial charge in [0.25, 0.3) is 0 Å². The molecule has 0 aromatic heterocycles. The van der Waals surface area contributed by atoms with Crippen LogP contribution in [0.4, 0.5) is 17.1 Å². The molecule has 0 radical (unpaired) electrons. The molecule has 2 N–H and O–H groups in total. The van der Waals surface area contributed by atoms with E-state index in [1.165, 1.54) is 6.92 Å². The summed E-state index contributed by atoms with van der Waals surface area (Å²) in [4.78, 5) is 23.5. The Labute approximate surface area is 159 Å². The van der Waals surface area contributed by atoms with Crippen LogP contribution in [-0.4, -0.2) is 33.0 Å². The summed E-state index contributed by atoms with van der Waals surface area (Å²) in [6, 6.07) is 13.6. The average Bonchev–Trinajstić information content (AvgIpc) is 2.59. The normalized spacial score (nSPS) is 10.9. The molecule has 0 aliphatic heterocycles. The fourth-order valence-electron chi connectivity index (χ4n) is 2.59. The summed E-state index contributed by atoms with van der Waals surface area (Å²) >= 11 is 0. The second-order valence-corrected chi connectivity index (χ2v) is 7.96. The van der Waals surface area contributed by atoms with Crippen LogP contribution >= 0.6 is 0 Å². The number of nitrogens with one attached hydrogen (secondary N) is 2. The quantitative estimate of drug-likeness (QED) is 0.761. The molecule has 27 heavy (non-hydrogen) atoms. The molecule has 2 aromatic carbocycles. The van der Waals surface area contributed by atoms with Gasteiger partial charge < -0.3 is 10.6 Å². The maximum absolute atomic E-state index is 12.4. The molecule has 0 spiro atoms. The lowest BCUT2D eigenvalue weighted by molar-refractivity contribution is -0.115. The van der Waals surface area contributed by atoms with Gasteiger partial charge in [-0.1, -0.05) is 25.1 Å². The van der Waals surface area contributed by atoms with Gasteiger partial charge in [-0.3, -0.25) is 13.9 Å². The molecule has 0 bridgehead atoms. The molecule has 0 unspecified atom stereocenters. The van der Waals surface area contributed by atoms with Crippen LogP contribution in [0.15, 0.2) is 48.5 Å². The molecule has 0 atom stereocenters. The second kappa shape index (κ2) is 8.68. The first-order valence-electron chi connectivity index (χ1n) is 8.44. The van der Waals surface area contributed by atoms with Crippen molar-refractivity contribution in [1.82, 2.24) is 0 Å². The number of carbonyl (C=O) groups is 2. The summed E-state index contributed by atoms with van der Waals surface area (Å²) in [5.41, 5.74) is 2.52. The Kier molecular flexibility index (Phi) is 6.57. The Morgan fingerprint density at radius 2 is 1.63 bits per heavy atom. The minimum atomic E-state index is -3.67. The molecule has 2 aromatic rings. The number of aryl methyl sites for hydroxylation is 1. The molecular weight excluding hydrogens is 366 g/mol. The van der Waals surface area contributed by atoms with E-state index in [4.69, 9.17) is 0 Å². The van der Waals surface area contributed by atoms with Crippen LogP contribution in [0.1, 0.15) is 19.4 Å². The van der Waals surface area contributed by atoms with Gasteiger partial charge in [0.2, 0.25) is 21.8 Å². The Morgan fingerprint density at radius 3 is 2.19 bits per heavy atom. The van der Waals surface area contributed by atoms with Crippen LogP contribution in [0.2, 0.25) is 0 Å². The first-order chi connectivity index (χ1) is 12.7. The van der Waals surface area contributed by atoms with Crippen molar-refractivity contribution in [2.75, 3.05) is 27.7 Å². The van der Waals surface area contributed by atoms with Crippen LogP contribution in [0, 0.1) is 0 Å². The molecule has 2 rings (SSSR count). The van der Waals surface area contributed by atoms with Gasteiger partial charge in [-0.15, -0.1) is 0 Å². The number of carbonyl (C=O) groups excluding carboxylic acids is 2. The average molecular weight is 389 g/mol. The van der Waals surface area contributed by atoms with Gasteiger partial charge in [-0.05, 0) is 42.3 Å². The van der Waals surface area contributed by atoms with E-state index in [1.54, 1.807) is 30.3 Å². The molecule has 0 saturated heterocycles. The van der Waals surface area contributed by atoms with Crippen LogP contribution in [0.25, 0.3) is 0 Å². The highest BCUT2D eigenvalue weighted by Gasteiger charge is 2.21. The number of benzene rings is 2. The molecule has 0 aliphatic rings. The fraction of sp³-hybridized carbons (Fsp3) is 0.263. The number of hydrogen-bond acceptors (Lipinski definition) is 4. The number of sulfonamides is 1. The zero-order valence-electron chi connectivity index (χ0n) is 15.5. The monoisotopic (exact) mass is 389 g/mol. The third kappa shape index (κ3) is 5.82. The topological polar surface area (TPSA) is 95.6 Å². The van der Waals surface area contributed by atoms with Gasteiger partial charge in [0.15, 0.2) is 0 Å². The fourth-order valence-corrected chi connectivity index (χ4v) is 3.44. The van der Waals surface area contributed by atoms with Crippen molar-refractivity contribution >= 4 is 38.9 Å². The van der Waals surface area contributed by atoms with Crippen molar-refractivity contribution in [3.8, 4) is 0 Å². The smallest absolute Gasteiger partial charge is 0.245 e. The van der Waals surface area contributed by atoms with Gasteiger partial charge in [0, 0.05) is 18.3 Å². The third-order valence-electron chi connectivity index (χ3n) is 3.84. The van der Waals surface area contributed by atoms with E-state index in [0.29, 0.717) is 17.1 Å². The lowest BCUT2D eigenvalue weighted by atomic mass is 10.1. The zero-order chi connectivity index (χ0) is 20.0. The molecule has 2 amide bonds. The number of rotatable bonds is 7. The maximum atomic E-state index is 12.4. The van der Waals surface area contributed by atoms with Crippen LogP contribution < -0.4 is 14.9 Å². The van der Waals surface area contributed by atoms with Crippen molar-refractivity contribution in [3.63, 3.8) is 0 Å².